The Balaban J connectivity index is 1.72. The Labute approximate surface area is 201 Å². The monoisotopic (exact) mass is 484 g/mol. The lowest BCUT2D eigenvalue weighted by Gasteiger charge is -2.33. The number of nitrogens with one attached hydrogen (secondary N) is 1. The molecule has 0 bridgehead atoms. The molecule has 35 heavy (non-hydrogen) atoms. The van der Waals surface area contributed by atoms with E-state index in [1.54, 1.807) is 10.6 Å². The molecule has 2 aromatic heterocycles. The Hall–Kier alpha value is -3.15. The van der Waals surface area contributed by atoms with E-state index >= 15 is 4.39 Å². The van der Waals surface area contributed by atoms with E-state index in [0.717, 1.165) is 10.1 Å². The molecule has 0 amide bonds. The van der Waals surface area contributed by atoms with Crippen LogP contribution in [0.3, 0.4) is 0 Å². The number of methoxy groups -OCH3 is 1. The van der Waals surface area contributed by atoms with E-state index in [1.165, 1.54) is 13.2 Å². The summed E-state index contributed by atoms with van der Waals surface area (Å²) >= 11 is 0. The molecule has 1 N–H and O–H groups in total. The fourth-order valence-electron chi connectivity index (χ4n) is 5.24. The molecule has 0 aliphatic carbocycles. The molecule has 2 aliphatic heterocycles. The second-order valence-corrected chi connectivity index (χ2v) is 9.43. The third kappa shape index (κ3) is 3.93. The van der Waals surface area contributed by atoms with Crippen LogP contribution in [0.4, 0.5) is 4.39 Å². The fourth-order valence-corrected chi connectivity index (χ4v) is 5.24. The van der Waals surface area contributed by atoms with Crippen LogP contribution in [0.25, 0.3) is 17.2 Å². The predicted molar refractivity (Wildman–Crippen MR) is 125 cm³/mol. The Bertz CT molecular complexity index is 1360. The first-order valence-electron chi connectivity index (χ1n) is 11.7. The zero-order valence-electron chi connectivity index (χ0n) is 20.3. The number of piperidine rings is 1. The first-order chi connectivity index (χ1) is 16.7. The Morgan fingerprint density at radius 1 is 1.34 bits per heavy atom. The number of rotatable bonds is 5. The smallest absolute Gasteiger partial charge is 0.325 e. The van der Waals surface area contributed by atoms with Gasteiger partial charge in [-0.25, -0.2) is 4.39 Å². The molecule has 2 aliphatic rings. The van der Waals surface area contributed by atoms with Crippen LogP contribution in [0.5, 0.6) is 0 Å². The zero-order chi connectivity index (χ0) is 24.9. The summed E-state index contributed by atoms with van der Waals surface area (Å²) in [5.41, 5.74) is 0.945. The summed E-state index contributed by atoms with van der Waals surface area (Å²) < 4.78 is 29.1. The molecule has 1 spiro atoms. The Kier molecular flexibility index (Phi) is 5.94. The molecular weight excluding hydrogens is 455 g/mol. The van der Waals surface area contributed by atoms with Crippen molar-refractivity contribution in [3.8, 4) is 11.4 Å². The minimum absolute atomic E-state index is 0.0752. The largest absolute Gasteiger partial charge is 0.468 e. The van der Waals surface area contributed by atoms with E-state index in [2.05, 4.69) is 15.4 Å². The van der Waals surface area contributed by atoms with E-state index in [1.807, 2.05) is 32.0 Å². The number of fused-ring (bicyclic) bond motifs is 3. The van der Waals surface area contributed by atoms with Gasteiger partial charge in [-0.1, -0.05) is 6.07 Å². The Morgan fingerprint density at radius 2 is 2.09 bits per heavy atom. The van der Waals surface area contributed by atoms with Crippen LogP contribution in [0, 0.1) is 5.82 Å². The van der Waals surface area contributed by atoms with Crippen LogP contribution >= 0.6 is 0 Å². The van der Waals surface area contributed by atoms with Crippen molar-refractivity contribution in [3.63, 3.8) is 0 Å². The molecule has 3 aromatic rings. The molecule has 10 nitrogen and oxygen atoms in total. The maximum Gasteiger partial charge on any atom is 0.325 e. The quantitative estimate of drug-likeness (QED) is 0.545. The summed E-state index contributed by atoms with van der Waals surface area (Å²) in [5.74, 6) is -0.759. The van der Waals surface area contributed by atoms with Crippen LogP contribution in [-0.2, 0) is 33.0 Å². The third-order valence-electron chi connectivity index (χ3n) is 6.73. The van der Waals surface area contributed by atoms with Gasteiger partial charge in [-0.05, 0) is 64.6 Å². The maximum absolute atomic E-state index is 15.1. The zero-order valence-corrected chi connectivity index (χ0v) is 20.3. The highest BCUT2D eigenvalue weighted by Crippen LogP contribution is 2.47. The van der Waals surface area contributed by atoms with Gasteiger partial charge in [0, 0.05) is 6.54 Å². The lowest BCUT2D eigenvalue weighted by molar-refractivity contribution is -0.141. The van der Waals surface area contributed by atoms with Gasteiger partial charge in [0.2, 0.25) is 5.78 Å². The maximum atomic E-state index is 15.1. The van der Waals surface area contributed by atoms with Crippen molar-refractivity contribution < 1.29 is 18.7 Å². The van der Waals surface area contributed by atoms with Gasteiger partial charge in [0.15, 0.2) is 5.82 Å². The van der Waals surface area contributed by atoms with Crippen molar-refractivity contribution in [1.82, 2.24) is 29.4 Å². The average Bonchev–Trinajstić information content (AvgIpc) is 3.37. The highest BCUT2D eigenvalue weighted by atomic mass is 19.1. The van der Waals surface area contributed by atoms with Gasteiger partial charge < -0.3 is 19.7 Å². The second-order valence-electron chi connectivity index (χ2n) is 9.43. The number of hydrogen-bond donors (Lipinski definition) is 1. The molecule has 0 saturated carbocycles. The highest BCUT2D eigenvalue weighted by Gasteiger charge is 2.49. The van der Waals surface area contributed by atoms with Crippen LogP contribution in [0.2, 0.25) is 0 Å². The molecule has 5 rings (SSSR count). The Morgan fingerprint density at radius 3 is 2.74 bits per heavy atom. The summed E-state index contributed by atoms with van der Waals surface area (Å²) in [7, 11) is 5.12. The molecule has 1 atom stereocenters. The van der Waals surface area contributed by atoms with Crippen LogP contribution < -0.4 is 10.9 Å². The van der Waals surface area contributed by atoms with Crippen LogP contribution in [0.15, 0.2) is 23.0 Å². The number of halogens is 1. The second kappa shape index (κ2) is 8.81. The minimum atomic E-state index is -0.770. The number of carbonyl (C=O) groups is 1. The summed E-state index contributed by atoms with van der Waals surface area (Å²) in [4.78, 5) is 32.6. The standard InChI is InChI=1S/C24H29FN6O4/c1-14-20-19(24(35-14)7-9-26-10-8-24)22(33)31-23(30(20)13-18(32)34-4)27-21(28-31)16-6-5-15(11-17(16)25)12-29(2)3/h5-6,11,14,26H,7-10,12-13H2,1-4H3. The molecule has 186 valence electrons. The van der Waals surface area contributed by atoms with Gasteiger partial charge in [0.1, 0.15) is 18.0 Å². The average molecular weight is 485 g/mol. The SMILES string of the molecule is COC(=O)Cn1c2c(c(=O)n3nc(-c4ccc(CN(C)C)cc4F)nc13)C1(CCNCC1)OC2C. The first-order valence-corrected chi connectivity index (χ1v) is 11.7. The van der Waals surface area contributed by atoms with Gasteiger partial charge in [-0.2, -0.15) is 9.50 Å². The highest BCUT2D eigenvalue weighted by molar-refractivity contribution is 5.70. The van der Waals surface area contributed by atoms with Crippen molar-refractivity contribution in [3.05, 3.63) is 51.2 Å². The number of esters is 1. The lowest BCUT2D eigenvalue weighted by Crippen LogP contribution is -2.43. The normalized spacial score (nSPS) is 19.0. The molecule has 4 heterocycles. The van der Waals surface area contributed by atoms with Gasteiger partial charge in [0.25, 0.3) is 5.56 Å². The number of benzene rings is 1. The topological polar surface area (TPSA) is 103 Å². The van der Waals surface area contributed by atoms with Gasteiger partial charge in [-0.3, -0.25) is 14.2 Å². The number of carbonyl (C=O) groups excluding carboxylic acids is 1. The van der Waals surface area contributed by atoms with Crippen LogP contribution in [0.1, 0.15) is 42.7 Å². The molecule has 1 saturated heterocycles. The molecule has 1 unspecified atom stereocenters. The van der Waals surface area contributed by atoms with Gasteiger partial charge >= 0.3 is 5.97 Å². The van der Waals surface area contributed by atoms with Gasteiger partial charge in [0.05, 0.1) is 30.0 Å². The van der Waals surface area contributed by atoms with E-state index in [9.17, 15) is 9.59 Å². The molecule has 0 radical (unpaired) electrons. The van der Waals surface area contributed by atoms with Crippen molar-refractivity contribution in [1.29, 1.82) is 0 Å². The first kappa shape index (κ1) is 23.6. The number of hydrogen-bond acceptors (Lipinski definition) is 8. The van der Waals surface area contributed by atoms with Crippen molar-refractivity contribution in [2.45, 2.75) is 44.6 Å². The summed E-state index contributed by atoms with van der Waals surface area (Å²) in [6, 6.07) is 4.87. The number of ether oxygens (including phenoxy) is 2. The number of nitrogens with zero attached hydrogens (tertiary/aromatic N) is 5. The van der Waals surface area contributed by atoms with E-state index < -0.39 is 23.5 Å². The van der Waals surface area contributed by atoms with Crippen molar-refractivity contribution in [2.24, 2.45) is 0 Å². The van der Waals surface area contributed by atoms with E-state index in [-0.39, 0.29) is 29.3 Å². The van der Waals surface area contributed by atoms with E-state index in [4.69, 9.17) is 9.47 Å². The third-order valence-corrected chi connectivity index (χ3v) is 6.73. The fraction of sp³-hybridized carbons (Fsp3) is 0.500. The van der Waals surface area contributed by atoms with Crippen molar-refractivity contribution in [2.75, 3.05) is 34.3 Å². The van der Waals surface area contributed by atoms with Crippen molar-refractivity contribution >= 4 is 11.7 Å². The molecule has 1 aromatic carbocycles. The van der Waals surface area contributed by atoms with Crippen LogP contribution in [-0.4, -0.2) is 64.3 Å². The molecular formula is C24H29FN6O4. The van der Waals surface area contributed by atoms with E-state index in [0.29, 0.717) is 43.7 Å². The summed E-state index contributed by atoms with van der Waals surface area (Å²) in [6.45, 7) is 3.68. The summed E-state index contributed by atoms with van der Waals surface area (Å²) in [5, 5.41) is 7.71. The minimum Gasteiger partial charge on any atom is -0.468 e. The molecule has 1 fully saturated rings. The number of aromatic nitrogens is 4. The van der Waals surface area contributed by atoms with Gasteiger partial charge in [-0.15, -0.1) is 5.10 Å². The predicted octanol–water partition coefficient (Wildman–Crippen LogP) is 1.60. The lowest BCUT2D eigenvalue weighted by atomic mass is 9.86. The summed E-state index contributed by atoms with van der Waals surface area (Å²) in [6.07, 6.45) is 0.798. The molecule has 11 heteroatoms.